The Balaban J connectivity index is 1.78. The van der Waals surface area contributed by atoms with Gasteiger partial charge in [-0.3, -0.25) is 5.41 Å². The minimum atomic E-state index is -0.566. The highest BCUT2D eigenvalue weighted by molar-refractivity contribution is 8.13. The van der Waals surface area contributed by atoms with Crippen LogP contribution in [0.4, 0.5) is 8.78 Å². The molecule has 0 spiro atoms. The number of nitrogens with two attached hydrogens (primary N) is 1. The van der Waals surface area contributed by atoms with E-state index in [9.17, 15) is 8.78 Å². The maximum atomic E-state index is 14.1. The summed E-state index contributed by atoms with van der Waals surface area (Å²) < 4.78 is 33.2. The molecule has 6 heteroatoms. The Hall–Kier alpha value is -1.14. The predicted octanol–water partition coefficient (Wildman–Crippen LogP) is 3.49. The van der Waals surface area contributed by atoms with Crippen molar-refractivity contribution in [3.05, 3.63) is 35.4 Å². The SMILES string of the molecule is N=C(N)SCC1CC(C2CC2)OCC1c1ccc(F)cc1F. The van der Waals surface area contributed by atoms with E-state index in [1.165, 1.54) is 36.7 Å². The topological polar surface area (TPSA) is 59.1 Å². The Labute approximate surface area is 133 Å². The summed E-state index contributed by atoms with van der Waals surface area (Å²) in [5.41, 5.74) is 5.95. The molecule has 3 nitrogen and oxygen atoms in total. The zero-order valence-corrected chi connectivity index (χ0v) is 13.0. The number of rotatable bonds is 4. The van der Waals surface area contributed by atoms with Gasteiger partial charge in [0.1, 0.15) is 11.6 Å². The highest BCUT2D eigenvalue weighted by Crippen LogP contribution is 2.44. The lowest BCUT2D eigenvalue weighted by Gasteiger charge is -2.37. The van der Waals surface area contributed by atoms with Crippen LogP contribution in [0.1, 0.15) is 30.7 Å². The van der Waals surface area contributed by atoms with Crippen LogP contribution in [0.15, 0.2) is 18.2 Å². The third-order valence-electron chi connectivity index (χ3n) is 4.56. The molecule has 3 atom stereocenters. The van der Waals surface area contributed by atoms with Gasteiger partial charge in [-0.1, -0.05) is 17.8 Å². The van der Waals surface area contributed by atoms with Crippen LogP contribution in [0, 0.1) is 28.9 Å². The fourth-order valence-electron chi connectivity index (χ4n) is 3.22. The van der Waals surface area contributed by atoms with Gasteiger partial charge in [-0.2, -0.15) is 0 Å². The number of amidine groups is 1. The first-order valence-electron chi connectivity index (χ1n) is 7.58. The zero-order chi connectivity index (χ0) is 15.7. The lowest BCUT2D eigenvalue weighted by molar-refractivity contribution is -0.0307. The fourth-order valence-corrected chi connectivity index (χ4v) is 3.98. The summed E-state index contributed by atoms with van der Waals surface area (Å²) in [5.74, 6) is 0.294. The van der Waals surface area contributed by atoms with Crippen molar-refractivity contribution < 1.29 is 13.5 Å². The van der Waals surface area contributed by atoms with Gasteiger partial charge in [0.25, 0.3) is 0 Å². The Morgan fingerprint density at radius 3 is 2.77 bits per heavy atom. The summed E-state index contributed by atoms with van der Waals surface area (Å²) in [4.78, 5) is 0. The van der Waals surface area contributed by atoms with E-state index in [1.54, 1.807) is 0 Å². The summed E-state index contributed by atoms with van der Waals surface area (Å²) in [6, 6.07) is 3.74. The quantitative estimate of drug-likeness (QED) is 0.658. The highest BCUT2D eigenvalue weighted by Gasteiger charge is 2.40. The molecule has 0 bridgehead atoms. The normalized spacial score (nSPS) is 28.5. The first-order valence-corrected chi connectivity index (χ1v) is 8.56. The van der Waals surface area contributed by atoms with Gasteiger partial charge in [0.2, 0.25) is 0 Å². The lowest BCUT2D eigenvalue weighted by atomic mass is 9.81. The van der Waals surface area contributed by atoms with Gasteiger partial charge < -0.3 is 10.5 Å². The van der Waals surface area contributed by atoms with Crippen molar-refractivity contribution in [2.24, 2.45) is 17.6 Å². The monoisotopic (exact) mass is 326 g/mol. The number of thioether (sulfide) groups is 1. The number of halogens is 2. The van der Waals surface area contributed by atoms with Gasteiger partial charge in [-0.25, -0.2) is 8.78 Å². The second-order valence-electron chi connectivity index (χ2n) is 6.15. The van der Waals surface area contributed by atoms with Crippen molar-refractivity contribution in [2.75, 3.05) is 12.4 Å². The van der Waals surface area contributed by atoms with E-state index in [2.05, 4.69) is 0 Å². The van der Waals surface area contributed by atoms with Crippen molar-refractivity contribution in [2.45, 2.75) is 31.3 Å². The van der Waals surface area contributed by atoms with Crippen molar-refractivity contribution in [1.82, 2.24) is 0 Å². The molecule has 1 aromatic rings. The van der Waals surface area contributed by atoms with Crippen LogP contribution in [0.25, 0.3) is 0 Å². The molecule has 3 N–H and O–H groups in total. The van der Waals surface area contributed by atoms with Gasteiger partial charge in [0.15, 0.2) is 5.17 Å². The summed E-state index contributed by atoms with van der Waals surface area (Å²) in [7, 11) is 0. The van der Waals surface area contributed by atoms with Crippen LogP contribution in [-0.2, 0) is 4.74 Å². The van der Waals surface area contributed by atoms with Gasteiger partial charge in [-0.15, -0.1) is 0 Å². The zero-order valence-electron chi connectivity index (χ0n) is 12.2. The van der Waals surface area contributed by atoms with E-state index < -0.39 is 11.6 Å². The van der Waals surface area contributed by atoms with E-state index in [0.717, 1.165) is 12.5 Å². The van der Waals surface area contributed by atoms with Crippen molar-refractivity contribution in [1.29, 1.82) is 5.41 Å². The van der Waals surface area contributed by atoms with E-state index >= 15 is 0 Å². The van der Waals surface area contributed by atoms with E-state index in [4.69, 9.17) is 15.9 Å². The maximum absolute atomic E-state index is 14.1. The molecule has 0 radical (unpaired) electrons. The van der Waals surface area contributed by atoms with Crippen molar-refractivity contribution in [3.8, 4) is 0 Å². The van der Waals surface area contributed by atoms with Crippen LogP contribution in [0.3, 0.4) is 0 Å². The Bertz CT molecular complexity index is 565. The summed E-state index contributed by atoms with van der Waals surface area (Å²) in [6.45, 7) is 0.451. The number of nitrogens with one attached hydrogen (secondary N) is 1. The summed E-state index contributed by atoms with van der Waals surface area (Å²) >= 11 is 1.29. The van der Waals surface area contributed by atoms with Crippen LogP contribution < -0.4 is 5.73 Å². The molecule has 1 aliphatic heterocycles. The average molecular weight is 326 g/mol. The standard InChI is InChI=1S/C16H20F2N2OS/c17-11-3-4-12(14(18)6-11)13-7-21-15(9-1-2-9)5-10(13)8-22-16(19)20/h3-4,6,9-10,13,15H,1-2,5,7-8H2,(H3,19,20). The van der Waals surface area contributed by atoms with Gasteiger partial charge in [0, 0.05) is 17.7 Å². The smallest absolute Gasteiger partial charge is 0.151 e. The van der Waals surface area contributed by atoms with Crippen LogP contribution in [-0.4, -0.2) is 23.6 Å². The van der Waals surface area contributed by atoms with Crippen molar-refractivity contribution >= 4 is 16.9 Å². The molecule has 120 valence electrons. The van der Waals surface area contributed by atoms with Crippen LogP contribution in [0.2, 0.25) is 0 Å². The maximum Gasteiger partial charge on any atom is 0.151 e. The van der Waals surface area contributed by atoms with Gasteiger partial charge >= 0.3 is 0 Å². The first-order chi connectivity index (χ1) is 10.5. The van der Waals surface area contributed by atoms with E-state index in [0.29, 0.717) is 23.8 Å². The molecule has 0 amide bonds. The third kappa shape index (κ3) is 3.60. The van der Waals surface area contributed by atoms with Crippen LogP contribution in [0.5, 0.6) is 0 Å². The average Bonchev–Trinajstić information content (AvgIpc) is 3.30. The molecule has 22 heavy (non-hydrogen) atoms. The van der Waals surface area contributed by atoms with Gasteiger partial charge in [0.05, 0.1) is 12.7 Å². The molecular formula is C16H20F2N2OS. The number of ether oxygens (including phenoxy) is 1. The largest absolute Gasteiger partial charge is 0.379 e. The summed E-state index contributed by atoms with van der Waals surface area (Å²) in [5, 5.41) is 7.46. The number of benzene rings is 1. The van der Waals surface area contributed by atoms with Crippen molar-refractivity contribution in [3.63, 3.8) is 0 Å². The molecule has 1 heterocycles. The highest BCUT2D eigenvalue weighted by atomic mass is 32.2. The van der Waals surface area contributed by atoms with E-state index in [-0.39, 0.29) is 23.1 Å². The molecule has 3 unspecified atom stereocenters. The second kappa shape index (κ2) is 6.54. The minimum absolute atomic E-state index is 0.0767. The second-order valence-corrected chi connectivity index (χ2v) is 7.21. The first kappa shape index (κ1) is 15.7. The minimum Gasteiger partial charge on any atom is -0.379 e. The molecule has 1 saturated carbocycles. The van der Waals surface area contributed by atoms with Crippen LogP contribution >= 0.6 is 11.8 Å². The molecular weight excluding hydrogens is 306 g/mol. The Kier molecular flexibility index (Phi) is 4.68. The lowest BCUT2D eigenvalue weighted by Crippen LogP contribution is -2.35. The van der Waals surface area contributed by atoms with Gasteiger partial charge in [-0.05, 0) is 42.7 Å². The molecule has 1 aromatic carbocycles. The molecule has 2 aliphatic rings. The Morgan fingerprint density at radius 2 is 2.14 bits per heavy atom. The molecule has 0 aromatic heterocycles. The third-order valence-corrected chi connectivity index (χ3v) is 5.46. The predicted molar refractivity (Wildman–Crippen MR) is 84.0 cm³/mol. The summed E-state index contributed by atoms with van der Waals surface area (Å²) in [6.07, 6.45) is 3.49. The molecule has 1 aliphatic carbocycles. The fraction of sp³-hybridized carbons (Fsp3) is 0.562. The number of hydrogen-bond acceptors (Lipinski definition) is 3. The Morgan fingerprint density at radius 1 is 1.36 bits per heavy atom. The number of hydrogen-bond donors (Lipinski definition) is 2. The molecule has 3 rings (SSSR count). The molecule has 2 fully saturated rings. The van der Waals surface area contributed by atoms with E-state index in [1.807, 2.05) is 0 Å². The molecule has 1 saturated heterocycles.